The topological polar surface area (TPSA) is 40.5 Å². The second-order valence-electron chi connectivity index (χ2n) is 3.41. The minimum Gasteiger partial charge on any atom is -0.387 e. The first-order valence-electron chi connectivity index (χ1n) is 4.36. The molecule has 0 aliphatic heterocycles. The third-order valence-electron chi connectivity index (χ3n) is 2.54. The summed E-state index contributed by atoms with van der Waals surface area (Å²) in [5.41, 5.74) is 1.61. The van der Waals surface area contributed by atoms with Crippen LogP contribution < -0.4 is 0 Å². The van der Waals surface area contributed by atoms with Gasteiger partial charge in [-0.15, -0.1) is 0 Å². The van der Waals surface area contributed by atoms with Gasteiger partial charge in [-0.25, -0.2) is 0 Å². The van der Waals surface area contributed by atoms with Gasteiger partial charge in [0.2, 0.25) is 0 Å². The van der Waals surface area contributed by atoms with Crippen LogP contribution in [0.25, 0.3) is 0 Å². The largest absolute Gasteiger partial charge is 0.387 e. The number of benzene rings is 1. The summed E-state index contributed by atoms with van der Waals surface area (Å²) < 4.78 is 0. The van der Waals surface area contributed by atoms with E-state index in [-0.39, 0.29) is 9.65 Å². The number of aliphatic hydroxyl groups excluding tert-OH is 2. The average molecular weight is 322 g/mol. The highest BCUT2D eigenvalue weighted by atomic mass is 79.9. The molecule has 0 unspecified atom stereocenters. The molecule has 76 valence electrons. The van der Waals surface area contributed by atoms with Gasteiger partial charge in [-0.3, -0.25) is 0 Å². The van der Waals surface area contributed by atoms with Crippen molar-refractivity contribution in [3.8, 4) is 0 Å². The van der Waals surface area contributed by atoms with Crippen LogP contribution in [0, 0.1) is 0 Å². The molecule has 0 heterocycles. The fraction of sp³-hybridized carbons (Fsp3) is 0.400. The Hall–Kier alpha value is 0.1000. The lowest BCUT2D eigenvalue weighted by Gasteiger charge is -2.34. The molecular formula is C10H10Br2O2. The minimum atomic E-state index is -0.570. The van der Waals surface area contributed by atoms with Gasteiger partial charge in [0.15, 0.2) is 0 Å². The molecule has 1 aromatic carbocycles. The van der Waals surface area contributed by atoms with E-state index in [0.717, 1.165) is 11.1 Å². The van der Waals surface area contributed by atoms with Gasteiger partial charge in [0, 0.05) is 0 Å². The van der Waals surface area contributed by atoms with Crippen molar-refractivity contribution in [1.82, 2.24) is 0 Å². The van der Waals surface area contributed by atoms with Crippen molar-refractivity contribution in [3.63, 3.8) is 0 Å². The molecule has 2 rings (SSSR count). The zero-order valence-electron chi connectivity index (χ0n) is 7.27. The fourth-order valence-corrected chi connectivity index (χ4v) is 2.89. The molecule has 4 atom stereocenters. The highest BCUT2D eigenvalue weighted by molar-refractivity contribution is 9.12. The van der Waals surface area contributed by atoms with Gasteiger partial charge < -0.3 is 10.2 Å². The lowest BCUT2D eigenvalue weighted by Crippen LogP contribution is -2.34. The molecule has 0 aromatic heterocycles. The first kappa shape index (κ1) is 10.6. The van der Waals surface area contributed by atoms with Gasteiger partial charge in [-0.05, 0) is 11.1 Å². The van der Waals surface area contributed by atoms with E-state index in [1.54, 1.807) is 0 Å². The van der Waals surface area contributed by atoms with E-state index in [9.17, 15) is 10.2 Å². The fourth-order valence-electron chi connectivity index (χ4n) is 1.74. The molecule has 0 amide bonds. The van der Waals surface area contributed by atoms with Crippen molar-refractivity contribution in [2.75, 3.05) is 0 Å². The van der Waals surface area contributed by atoms with Crippen LogP contribution >= 0.6 is 31.9 Å². The predicted octanol–water partition coefficient (Wildman–Crippen LogP) is 2.29. The van der Waals surface area contributed by atoms with Gasteiger partial charge >= 0.3 is 0 Å². The van der Waals surface area contributed by atoms with Crippen molar-refractivity contribution in [2.45, 2.75) is 21.9 Å². The summed E-state index contributed by atoms with van der Waals surface area (Å²) >= 11 is 6.74. The number of aliphatic hydroxyl groups is 2. The third kappa shape index (κ3) is 1.54. The van der Waals surface area contributed by atoms with E-state index >= 15 is 0 Å². The van der Waals surface area contributed by atoms with Crippen LogP contribution in [0.4, 0.5) is 0 Å². The van der Waals surface area contributed by atoms with Gasteiger partial charge in [0.1, 0.15) is 0 Å². The smallest absolute Gasteiger partial charge is 0.0930 e. The Bertz CT molecular complexity index is 310. The maximum Gasteiger partial charge on any atom is 0.0930 e. The van der Waals surface area contributed by atoms with Crippen molar-refractivity contribution >= 4 is 31.9 Å². The Labute approximate surface area is 99.2 Å². The molecular weight excluding hydrogens is 312 g/mol. The standard InChI is InChI=1S/C10H10Br2O2/c11-7-8(12)10(14)6-4-2-1-3-5(6)9(7)13/h1-4,7-10,13-14H/t7-,8-,9-,10-/m1/s1. The van der Waals surface area contributed by atoms with Crippen LogP contribution in [0.1, 0.15) is 23.3 Å². The second kappa shape index (κ2) is 3.93. The summed E-state index contributed by atoms with van der Waals surface area (Å²) in [6.07, 6.45) is -1.14. The summed E-state index contributed by atoms with van der Waals surface area (Å²) in [7, 11) is 0. The van der Waals surface area contributed by atoms with Gasteiger partial charge in [0.05, 0.1) is 21.9 Å². The Balaban J connectivity index is 2.51. The van der Waals surface area contributed by atoms with Crippen LogP contribution in [0.3, 0.4) is 0 Å². The monoisotopic (exact) mass is 320 g/mol. The molecule has 0 bridgehead atoms. The van der Waals surface area contributed by atoms with E-state index in [2.05, 4.69) is 31.9 Å². The quantitative estimate of drug-likeness (QED) is 0.720. The maximum absolute atomic E-state index is 9.93. The molecule has 1 aromatic rings. The third-order valence-corrected chi connectivity index (χ3v) is 5.39. The molecule has 0 radical (unpaired) electrons. The summed E-state index contributed by atoms with van der Waals surface area (Å²) in [5, 5.41) is 19.9. The molecule has 4 heteroatoms. The Kier molecular flexibility index (Phi) is 2.98. The summed E-state index contributed by atoms with van der Waals surface area (Å²) in [5.74, 6) is 0. The van der Waals surface area contributed by atoms with Crippen LogP contribution in [0.15, 0.2) is 24.3 Å². The molecule has 2 nitrogen and oxygen atoms in total. The van der Waals surface area contributed by atoms with E-state index < -0.39 is 12.2 Å². The number of alkyl halides is 2. The molecule has 0 saturated carbocycles. The van der Waals surface area contributed by atoms with Crippen LogP contribution in [0.5, 0.6) is 0 Å². The first-order chi connectivity index (χ1) is 6.63. The zero-order chi connectivity index (χ0) is 10.3. The lowest BCUT2D eigenvalue weighted by molar-refractivity contribution is 0.106. The molecule has 0 saturated heterocycles. The minimum absolute atomic E-state index is 0.160. The zero-order valence-corrected chi connectivity index (χ0v) is 10.4. The van der Waals surface area contributed by atoms with E-state index in [1.165, 1.54) is 0 Å². The summed E-state index contributed by atoms with van der Waals surface area (Å²) in [6, 6.07) is 7.42. The van der Waals surface area contributed by atoms with Gasteiger partial charge in [-0.2, -0.15) is 0 Å². The molecule has 0 fully saturated rings. The lowest BCUT2D eigenvalue weighted by atomic mass is 9.87. The first-order valence-corrected chi connectivity index (χ1v) is 6.19. The Morgan fingerprint density at radius 3 is 1.57 bits per heavy atom. The average Bonchev–Trinajstić information content (AvgIpc) is 2.23. The van der Waals surface area contributed by atoms with Crippen molar-refractivity contribution in [2.24, 2.45) is 0 Å². The van der Waals surface area contributed by atoms with Crippen molar-refractivity contribution in [1.29, 1.82) is 0 Å². The van der Waals surface area contributed by atoms with Crippen LogP contribution in [-0.2, 0) is 0 Å². The number of rotatable bonds is 0. The number of hydrogen-bond donors (Lipinski definition) is 2. The molecule has 0 spiro atoms. The summed E-state index contributed by atoms with van der Waals surface area (Å²) in [4.78, 5) is -0.320. The number of fused-ring (bicyclic) bond motifs is 1. The molecule has 14 heavy (non-hydrogen) atoms. The van der Waals surface area contributed by atoms with Crippen molar-refractivity contribution < 1.29 is 10.2 Å². The molecule has 2 N–H and O–H groups in total. The Morgan fingerprint density at radius 1 is 0.857 bits per heavy atom. The highest BCUT2D eigenvalue weighted by Crippen LogP contribution is 2.43. The van der Waals surface area contributed by atoms with E-state index in [1.807, 2.05) is 24.3 Å². The van der Waals surface area contributed by atoms with Crippen LogP contribution in [-0.4, -0.2) is 19.9 Å². The van der Waals surface area contributed by atoms with Crippen molar-refractivity contribution in [3.05, 3.63) is 35.4 Å². The van der Waals surface area contributed by atoms with Gasteiger partial charge in [-0.1, -0.05) is 56.1 Å². The SMILES string of the molecule is O[C@@H]1c2ccccc2[C@@H](O)[C@H](Br)[C@H]1Br. The summed E-state index contributed by atoms with van der Waals surface area (Å²) in [6.45, 7) is 0. The highest BCUT2D eigenvalue weighted by Gasteiger charge is 2.38. The molecule has 1 aliphatic carbocycles. The number of hydrogen-bond acceptors (Lipinski definition) is 2. The van der Waals surface area contributed by atoms with E-state index in [0.29, 0.717) is 0 Å². The van der Waals surface area contributed by atoms with Gasteiger partial charge in [0.25, 0.3) is 0 Å². The maximum atomic E-state index is 9.93. The molecule has 1 aliphatic rings. The second-order valence-corrected chi connectivity index (χ2v) is 5.52. The normalized spacial score (nSPS) is 36.6. The predicted molar refractivity (Wildman–Crippen MR) is 61.8 cm³/mol. The Morgan fingerprint density at radius 2 is 1.21 bits per heavy atom. The van der Waals surface area contributed by atoms with E-state index in [4.69, 9.17) is 0 Å². The number of halogens is 2. The van der Waals surface area contributed by atoms with Crippen LogP contribution in [0.2, 0.25) is 0 Å².